The van der Waals surface area contributed by atoms with E-state index in [-0.39, 0.29) is 90.1 Å². The van der Waals surface area contributed by atoms with E-state index in [2.05, 4.69) is 16.1 Å². The molecule has 29 nitrogen and oxygen atoms in total. The normalized spacial score (nSPS) is 9.23. The number of hydrogen-bond acceptors (Lipinski definition) is 22. The number of aliphatic hydroxyl groups is 2. The van der Waals surface area contributed by atoms with Crippen LogP contribution in [0, 0.1) is 50.6 Å². The van der Waals surface area contributed by atoms with Crippen LogP contribution in [0.15, 0.2) is 133 Å². The molecule has 0 radical (unpaired) electrons. The molecule has 0 spiro atoms. The van der Waals surface area contributed by atoms with Crippen molar-refractivity contribution in [2.45, 2.75) is 6.92 Å². The average molecular weight is 1090 g/mol. The number of nitro groups is 5. The molecule has 2 amide bonds. The minimum Gasteiger partial charge on any atom is -0.508 e. The number of phenols is 1. The van der Waals surface area contributed by atoms with E-state index in [4.69, 9.17) is 48.7 Å². The topological polar surface area (TPSA) is 472 Å². The molecule has 6 aromatic carbocycles. The Morgan fingerprint density at radius 3 is 1.51 bits per heavy atom. The zero-order valence-corrected chi connectivity index (χ0v) is 41.5. The first-order valence-electron chi connectivity index (χ1n) is 20.8. The molecule has 75 heavy (non-hydrogen) atoms. The maximum absolute atomic E-state index is 10.9. The highest BCUT2D eigenvalue weighted by Crippen LogP contribution is 2.29. The van der Waals surface area contributed by atoms with Crippen LogP contribution in [-0.2, 0) is 0 Å². The Morgan fingerprint density at radius 2 is 1.07 bits per heavy atom. The molecule has 0 aliphatic carbocycles. The summed E-state index contributed by atoms with van der Waals surface area (Å²) in [5, 5.41) is 84.3. The van der Waals surface area contributed by atoms with Gasteiger partial charge in [0.25, 0.3) is 28.4 Å². The molecular weight excluding hydrogens is 1040 g/mol. The number of para-hydroxylation sites is 1. The number of nitrogens with one attached hydrogen (secondary N) is 3. The van der Waals surface area contributed by atoms with Crippen LogP contribution >= 0.6 is 24.8 Å². The van der Waals surface area contributed by atoms with Crippen LogP contribution in [0.5, 0.6) is 11.5 Å². The Morgan fingerprint density at radius 1 is 0.573 bits per heavy atom. The number of halogens is 2. The Bertz CT molecular complexity index is 2720. The van der Waals surface area contributed by atoms with Crippen molar-refractivity contribution in [1.82, 2.24) is 5.01 Å². The van der Waals surface area contributed by atoms with Gasteiger partial charge in [0.2, 0.25) is 0 Å². The van der Waals surface area contributed by atoms with Crippen molar-refractivity contribution in [2.24, 2.45) is 5.73 Å². The Labute approximate surface area is 439 Å². The van der Waals surface area contributed by atoms with Gasteiger partial charge in [-0.2, -0.15) is 0 Å². The summed E-state index contributed by atoms with van der Waals surface area (Å²) >= 11 is 0. The fourth-order valence-electron chi connectivity index (χ4n) is 4.96. The number of methoxy groups -OCH3 is 1. The number of amides is 2. The number of hydrogen-bond donors (Lipinski definition) is 11. The second-order valence-corrected chi connectivity index (χ2v) is 13.7. The van der Waals surface area contributed by atoms with E-state index in [9.17, 15) is 55.4 Å². The number of benzene rings is 6. The van der Waals surface area contributed by atoms with Gasteiger partial charge in [-0.15, -0.1) is 24.8 Å². The lowest BCUT2D eigenvalue weighted by Crippen LogP contribution is -2.39. The molecule has 0 heterocycles. The number of nitrogens with two attached hydrogens (primary N) is 5. The van der Waals surface area contributed by atoms with Gasteiger partial charge in [0.15, 0.2) is 0 Å². The Kier molecular flexibility index (Phi) is 32.6. The smallest absolute Gasteiger partial charge is 0.333 e. The number of aliphatic hydroxyl groups excluding tert-OH is 2. The van der Waals surface area contributed by atoms with Crippen molar-refractivity contribution in [1.29, 1.82) is 0 Å². The highest BCUT2D eigenvalue weighted by molar-refractivity contribution is 5.85. The first kappa shape index (κ1) is 67.4. The van der Waals surface area contributed by atoms with Crippen molar-refractivity contribution in [3.8, 4) is 11.5 Å². The zero-order valence-electron chi connectivity index (χ0n) is 39.9. The van der Waals surface area contributed by atoms with E-state index < -0.39 is 30.6 Å². The van der Waals surface area contributed by atoms with Gasteiger partial charge in [0, 0.05) is 73.5 Å². The van der Waals surface area contributed by atoms with Crippen molar-refractivity contribution in [3.05, 3.63) is 184 Å². The SMILES string of the molecule is CCN(Nc1ccc([N+](=O)[O-])cc1)C(N)=O.COc1ccc(NCCO)c([N+](=O)[O-])c1.Cl.Cl.Nc1ccc(N)c([N+](=O)[O-])c1.Nc1ccc([N+](=O)[O-])cc1N.O=[N+]([O-])c1ccc(O)cc1.OCCNc1ccccc1. The number of phenolic OH excluding ortho intramolecular Hbond substituents is 1. The number of carbonyl (C=O) groups is 1. The van der Waals surface area contributed by atoms with E-state index in [0.29, 0.717) is 41.6 Å². The predicted molar refractivity (Wildman–Crippen MR) is 289 cm³/mol. The molecule has 0 atom stereocenters. The summed E-state index contributed by atoms with van der Waals surface area (Å²) in [5.41, 5.74) is 31.9. The third kappa shape index (κ3) is 26.4. The molecule has 406 valence electrons. The predicted octanol–water partition coefficient (Wildman–Crippen LogP) is 7.08. The third-order valence-corrected chi connectivity index (χ3v) is 8.56. The average Bonchev–Trinajstić information content (AvgIpc) is 3.37. The minimum atomic E-state index is -0.610. The molecule has 0 fully saturated rings. The second kappa shape index (κ2) is 36.2. The molecule has 0 aromatic heterocycles. The van der Waals surface area contributed by atoms with Crippen molar-refractivity contribution < 1.29 is 49.5 Å². The molecule has 6 aromatic rings. The van der Waals surface area contributed by atoms with Gasteiger partial charge in [-0.1, -0.05) is 18.2 Å². The standard InChI is InChI=1S/C9H12N4O3.C9H12N2O4.C8H11NO.2C6H7N3O2.C6H5NO3.2ClH/c1-2-12(9(10)14)11-7-3-5-8(6-4-7)13(15)16;1-15-7-2-3-8(10-4-5-12)9(6-7)11(13)14;10-7-6-9-8-4-2-1-3-5-8;7-5-2-1-4(9(10)11)3-6(5)8;7-4-1-2-5(8)6(3-4)9(10)11;8-6-3-1-5(2-4-6)7(9)10;;/h3-6,11H,2H2,1H3,(H2,10,14);2-3,6,10,12H,4-5H2,1H3;1-5,9-10H,6-7H2;2*1-3H,7-8H2;1-4,8H;2*1H. The minimum absolute atomic E-state index is 0. The molecule has 0 bridgehead atoms. The first-order chi connectivity index (χ1) is 34.6. The van der Waals surface area contributed by atoms with E-state index in [1.54, 1.807) is 19.1 Å². The Balaban J connectivity index is 0. The van der Waals surface area contributed by atoms with Crippen LogP contribution in [0.2, 0.25) is 0 Å². The van der Waals surface area contributed by atoms with Gasteiger partial charge in [0.1, 0.15) is 22.9 Å². The van der Waals surface area contributed by atoms with Crippen LogP contribution in [0.4, 0.5) is 73.0 Å². The van der Waals surface area contributed by atoms with E-state index >= 15 is 0 Å². The molecule has 6 rings (SSSR count). The number of nitrogen functional groups attached to an aromatic ring is 4. The van der Waals surface area contributed by atoms with Gasteiger partial charge in [-0.05, 0) is 73.7 Å². The number of hydrazine groups is 1. The van der Waals surface area contributed by atoms with Gasteiger partial charge in [0.05, 0.1) is 68.1 Å². The summed E-state index contributed by atoms with van der Waals surface area (Å²) in [6, 6.07) is 32.6. The number of nitrogens with zero attached hydrogens (tertiary/aromatic N) is 6. The number of primary amides is 1. The molecule has 0 saturated heterocycles. The number of aromatic hydroxyl groups is 1. The fourth-order valence-corrected chi connectivity index (χ4v) is 4.96. The third-order valence-electron chi connectivity index (χ3n) is 8.56. The maximum atomic E-state index is 10.9. The molecule has 0 unspecified atom stereocenters. The molecule has 0 aliphatic heterocycles. The first-order valence-corrected chi connectivity index (χ1v) is 20.8. The maximum Gasteiger partial charge on any atom is 0.333 e. The van der Waals surface area contributed by atoms with Crippen molar-refractivity contribution >= 4 is 99.1 Å². The summed E-state index contributed by atoms with van der Waals surface area (Å²) in [6.07, 6.45) is 0. The number of rotatable bonds is 15. The monoisotopic (exact) mass is 1090 g/mol. The summed E-state index contributed by atoms with van der Waals surface area (Å²) in [5.74, 6) is 0.460. The van der Waals surface area contributed by atoms with Crippen LogP contribution in [0.1, 0.15) is 6.92 Å². The lowest BCUT2D eigenvalue weighted by Gasteiger charge is -2.20. The van der Waals surface area contributed by atoms with Gasteiger partial charge in [-0.25, -0.2) is 9.80 Å². The summed E-state index contributed by atoms with van der Waals surface area (Å²) in [6.45, 7) is 3.13. The van der Waals surface area contributed by atoms with E-state index in [1.165, 1.54) is 103 Å². The second-order valence-electron chi connectivity index (χ2n) is 13.7. The molecule has 31 heteroatoms. The molecular formula is C44H56Cl2N14O15. The number of non-ortho nitro benzene ring substituents is 3. The van der Waals surface area contributed by atoms with Crippen molar-refractivity contribution in [2.75, 3.05) is 79.0 Å². The quantitative estimate of drug-likeness (QED) is 0.0278. The van der Waals surface area contributed by atoms with Crippen LogP contribution < -0.4 is 49.5 Å². The highest BCUT2D eigenvalue weighted by atomic mass is 35.5. The van der Waals surface area contributed by atoms with E-state index in [1.807, 2.05) is 30.3 Å². The summed E-state index contributed by atoms with van der Waals surface area (Å²) < 4.78 is 4.88. The Hall–Kier alpha value is -9.71. The summed E-state index contributed by atoms with van der Waals surface area (Å²) in [4.78, 5) is 59.9. The van der Waals surface area contributed by atoms with Crippen molar-refractivity contribution in [3.63, 3.8) is 0 Å². The highest BCUT2D eigenvalue weighted by Gasteiger charge is 2.15. The lowest BCUT2D eigenvalue weighted by molar-refractivity contribution is -0.385. The summed E-state index contributed by atoms with van der Waals surface area (Å²) in [7, 11) is 1.44. The van der Waals surface area contributed by atoms with Gasteiger partial charge >= 0.3 is 6.03 Å². The lowest BCUT2D eigenvalue weighted by atomic mass is 10.2. The molecule has 16 N–H and O–H groups in total. The number of ether oxygens (including phenoxy) is 1. The van der Waals surface area contributed by atoms with E-state index in [0.717, 1.165) is 5.69 Å². The number of carbonyl (C=O) groups excluding carboxylic acids is 1. The molecule has 0 aliphatic rings. The number of urea groups is 1. The van der Waals surface area contributed by atoms with Gasteiger partial charge in [-0.3, -0.25) is 56.0 Å². The number of anilines is 7. The largest absolute Gasteiger partial charge is 0.508 e. The van der Waals surface area contributed by atoms with Crippen LogP contribution in [0.3, 0.4) is 0 Å². The van der Waals surface area contributed by atoms with Crippen LogP contribution in [0.25, 0.3) is 0 Å². The zero-order chi connectivity index (χ0) is 55.0. The van der Waals surface area contributed by atoms with Crippen LogP contribution in [-0.4, -0.2) is 90.9 Å². The molecule has 0 saturated carbocycles. The fraction of sp³-hybridized carbons (Fsp3) is 0.159. The number of nitro benzene ring substituents is 5. The van der Waals surface area contributed by atoms with Gasteiger partial charge < -0.3 is 59.4 Å².